The van der Waals surface area contributed by atoms with Gasteiger partial charge in [-0.15, -0.1) is 23.7 Å². The summed E-state index contributed by atoms with van der Waals surface area (Å²) in [5, 5.41) is 1.37. The highest BCUT2D eigenvalue weighted by Gasteiger charge is 2.19. The fourth-order valence-electron chi connectivity index (χ4n) is 2.56. The van der Waals surface area contributed by atoms with Gasteiger partial charge in [-0.3, -0.25) is 0 Å². The zero-order chi connectivity index (χ0) is 11.8. The summed E-state index contributed by atoms with van der Waals surface area (Å²) < 4.78 is 1.40. The summed E-state index contributed by atoms with van der Waals surface area (Å²) in [5.74, 6) is 0.641. The smallest absolute Gasteiger partial charge is 0.0349 e. The Bertz CT molecular complexity index is 540. The molecule has 0 N–H and O–H groups in total. The van der Waals surface area contributed by atoms with E-state index >= 15 is 0 Å². The van der Waals surface area contributed by atoms with Gasteiger partial charge in [0.15, 0.2) is 0 Å². The highest BCUT2D eigenvalue weighted by atomic mass is 35.5. The van der Waals surface area contributed by atoms with Crippen molar-refractivity contribution in [2.75, 3.05) is 20.1 Å². The SMILES string of the molecule is CC1CN(C)CC=C1c1cc2ccccc2s1.Cl. The monoisotopic (exact) mass is 279 g/mol. The summed E-state index contributed by atoms with van der Waals surface area (Å²) >= 11 is 1.92. The molecule has 96 valence electrons. The molecule has 18 heavy (non-hydrogen) atoms. The Morgan fingerprint density at radius 1 is 1.28 bits per heavy atom. The van der Waals surface area contributed by atoms with Crippen molar-refractivity contribution in [2.24, 2.45) is 5.92 Å². The quantitative estimate of drug-likeness (QED) is 0.753. The number of hydrogen-bond donors (Lipinski definition) is 0. The zero-order valence-corrected chi connectivity index (χ0v) is 12.4. The summed E-state index contributed by atoms with van der Waals surface area (Å²) in [7, 11) is 2.19. The van der Waals surface area contributed by atoms with Crippen molar-refractivity contribution >= 4 is 39.4 Å². The van der Waals surface area contributed by atoms with Gasteiger partial charge in [0.1, 0.15) is 0 Å². The van der Waals surface area contributed by atoms with E-state index in [1.54, 1.807) is 0 Å². The Balaban J connectivity index is 0.00000120. The number of nitrogens with zero attached hydrogens (tertiary/aromatic N) is 1. The van der Waals surface area contributed by atoms with Gasteiger partial charge >= 0.3 is 0 Å². The van der Waals surface area contributed by atoms with E-state index in [2.05, 4.69) is 55.3 Å². The van der Waals surface area contributed by atoms with Crippen LogP contribution in [0.25, 0.3) is 15.7 Å². The summed E-state index contributed by atoms with van der Waals surface area (Å²) in [5.41, 5.74) is 1.53. The fraction of sp³-hybridized carbons (Fsp3) is 0.333. The van der Waals surface area contributed by atoms with Crippen LogP contribution in [0.1, 0.15) is 11.8 Å². The van der Waals surface area contributed by atoms with Crippen molar-refractivity contribution in [1.82, 2.24) is 4.90 Å². The van der Waals surface area contributed by atoms with Crippen LogP contribution in [0.15, 0.2) is 36.4 Å². The van der Waals surface area contributed by atoms with Gasteiger partial charge in [0.2, 0.25) is 0 Å². The van der Waals surface area contributed by atoms with Crippen LogP contribution < -0.4 is 0 Å². The van der Waals surface area contributed by atoms with Gasteiger partial charge in [0, 0.05) is 22.7 Å². The second-order valence-electron chi connectivity index (χ2n) is 4.93. The molecule has 1 aliphatic rings. The van der Waals surface area contributed by atoms with E-state index in [9.17, 15) is 0 Å². The molecule has 0 aliphatic carbocycles. The van der Waals surface area contributed by atoms with Gasteiger partial charge in [0.25, 0.3) is 0 Å². The Morgan fingerprint density at radius 3 is 2.78 bits per heavy atom. The maximum absolute atomic E-state index is 2.39. The molecule has 1 aromatic carbocycles. The summed E-state index contributed by atoms with van der Waals surface area (Å²) in [4.78, 5) is 3.83. The van der Waals surface area contributed by atoms with Crippen LogP contribution in [-0.4, -0.2) is 25.0 Å². The maximum atomic E-state index is 2.39. The second kappa shape index (κ2) is 5.43. The number of fused-ring (bicyclic) bond motifs is 1. The third-order valence-electron chi connectivity index (χ3n) is 3.45. The minimum atomic E-state index is 0. The molecule has 1 aromatic heterocycles. The fourth-order valence-corrected chi connectivity index (χ4v) is 3.78. The number of hydrogen-bond acceptors (Lipinski definition) is 2. The highest BCUT2D eigenvalue weighted by Crippen LogP contribution is 2.35. The third-order valence-corrected chi connectivity index (χ3v) is 4.61. The summed E-state index contributed by atoms with van der Waals surface area (Å²) in [6.07, 6.45) is 2.39. The lowest BCUT2D eigenvalue weighted by atomic mass is 9.95. The van der Waals surface area contributed by atoms with Gasteiger partial charge in [-0.05, 0) is 36.1 Å². The molecular weight excluding hydrogens is 262 g/mol. The average molecular weight is 280 g/mol. The Kier molecular flexibility index (Phi) is 4.10. The van der Waals surface area contributed by atoms with Crippen molar-refractivity contribution in [3.63, 3.8) is 0 Å². The van der Waals surface area contributed by atoms with Gasteiger partial charge in [-0.1, -0.05) is 31.2 Å². The van der Waals surface area contributed by atoms with Crippen LogP contribution in [0.4, 0.5) is 0 Å². The number of benzene rings is 1. The van der Waals surface area contributed by atoms with Crippen LogP contribution in [0.2, 0.25) is 0 Å². The van der Waals surface area contributed by atoms with Gasteiger partial charge < -0.3 is 4.90 Å². The molecule has 0 amide bonds. The number of rotatable bonds is 1. The first-order valence-corrected chi connectivity index (χ1v) is 6.93. The van der Waals surface area contributed by atoms with Crippen LogP contribution in [0.3, 0.4) is 0 Å². The molecule has 0 bridgehead atoms. The van der Waals surface area contributed by atoms with E-state index in [1.165, 1.54) is 27.1 Å². The third kappa shape index (κ3) is 2.46. The first-order valence-electron chi connectivity index (χ1n) is 6.11. The zero-order valence-electron chi connectivity index (χ0n) is 10.7. The molecule has 2 aromatic rings. The van der Waals surface area contributed by atoms with E-state index in [1.807, 2.05) is 11.3 Å². The predicted molar refractivity (Wildman–Crippen MR) is 83.7 cm³/mol. The molecule has 3 heteroatoms. The minimum absolute atomic E-state index is 0. The molecule has 0 saturated heterocycles. The molecule has 1 nitrogen and oxygen atoms in total. The topological polar surface area (TPSA) is 3.24 Å². The Morgan fingerprint density at radius 2 is 2.06 bits per heavy atom. The van der Waals surface area contributed by atoms with Gasteiger partial charge in [-0.25, -0.2) is 0 Å². The highest BCUT2D eigenvalue weighted by molar-refractivity contribution is 7.20. The van der Waals surface area contributed by atoms with E-state index in [-0.39, 0.29) is 12.4 Å². The lowest BCUT2D eigenvalue weighted by Gasteiger charge is -2.27. The standard InChI is InChI=1S/C15H17NS.ClH/c1-11-10-16(2)8-7-13(11)15-9-12-5-3-4-6-14(12)17-15;/h3-7,9,11H,8,10H2,1-2H3;1H. The number of likely N-dealkylation sites (N-methyl/N-ethyl adjacent to an activating group) is 1. The van der Waals surface area contributed by atoms with Crippen molar-refractivity contribution in [3.8, 4) is 0 Å². The molecule has 0 radical (unpaired) electrons. The van der Waals surface area contributed by atoms with Crippen molar-refractivity contribution < 1.29 is 0 Å². The normalized spacial score (nSPS) is 20.6. The second-order valence-corrected chi connectivity index (χ2v) is 6.01. The molecule has 3 rings (SSSR count). The van der Waals surface area contributed by atoms with Crippen LogP contribution in [0, 0.1) is 5.92 Å². The largest absolute Gasteiger partial charge is 0.302 e. The Hall–Kier alpha value is -0.830. The Labute approximate surface area is 119 Å². The molecule has 1 aliphatic heterocycles. The summed E-state index contributed by atoms with van der Waals surface area (Å²) in [6.45, 7) is 4.57. The lowest BCUT2D eigenvalue weighted by molar-refractivity contribution is 0.330. The van der Waals surface area contributed by atoms with E-state index < -0.39 is 0 Å². The van der Waals surface area contributed by atoms with E-state index in [0.717, 1.165) is 6.54 Å². The molecular formula is C15H18ClNS. The first kappa shape index (κ1) is 13.6. The van der Waals surface area contributed by atoms with E-state index in [4.69, 9.17) is 0 Å². The molecule has 0 spiro atoms. The van der Waals surface area contributed by atoms with Crippen molar-refractivity contribution in [3.05, 3.63) is 41.3 Å². The molecule has 1 atom stereocenters. The molecule has 2 heterocycles. The first-order chi connectivity index (χ1) is 8.24. The van der Waals surface area contributed by atoms with Gasteiger partial charge in [0.05, 0.1) is 0 Å². The summed E-state index contributed by atoms with van der Waals surface area (Å²) in [6, 6.07) is 11.0. The van der Waals surface area contributed by atoms with Crippen molar-refractivity contribution in [2.45, 2.75) is 6.92 Å². The molecule has 1 unspecified atom stereocenters. The minimum Gasteiger partial charge on any atom is -0.302 e. The maximum Gasteiger partial charge on any atom is 0.0349 e. The average Bonchev–Trinajstić information content (AvgIpc) is 2.72. The van der Waals surface area contributed by atoms with E-state index in [0.29, 0.717) is 5.92 Å². The molecule has 0 saturated carbocycles. The number of thiophene rings is 1. The van der Waals surface area contributed by atoms with Crippen LogP contribution >= 0.6 is 23.7 Å². The van der Waals surface area contributed by atoms with Gasteiger partial charge in [-0.2, -0.15) is 0 Å². The predicted octanol–water partition coefficient (Wildman–Crippen LogP) is 4.29. The van der Waals surface area contributed by atoms with Crippen LogP contribution in [-0.2, 0) is 0 Å². The molecule has 0 fully saturated rings. The lowest BCUT2D eigenvalue weighted by Crippen LogP contribution is -2.29. The van der Waals surface area contributed by atoms with Crippen molar-refractivity contribution in [1.29, 1.82) is 0 Å². The van der Waals surface area contributed by atoms with Crippen LogP contribution in [0.5, 0.6) is 0 Å². The number of halogens is 1.